The van der Waals surface area contributed by atoms with Crippen molar-refractivity contribution in [1.82, 2.24) is 24.9 Å². The minimum absolute atomic E-state index is 0.548. The molecule has 2 aromatic rings. The molecular weight excluding hydrogens is 264 g/mol. The van der Waals surface area contributed by atoms with Gasteiger partial charge < -0.3 is 10.2 Å². The molecule has 0 aromatic carbocycles. The molecule has 6 heteroatoms. The molecule has 2 aromatic heterocycles. The number of nitrogens with zero attached hydrogens (tertiary/aromatic N) is 5. The second-order valence-electron chi connectivity index (χ2n) is 5.92. The van der Waals surface area contributed by atoms with E-state index in [1.807, 2.05) is 11.4 Å². The zero-order valence-electron chi connectivity index (χ0n) is 13.1. The van der Waals surface area contributed by atoms with Crippen LogP contribution < -0.4 is 10.2 Å². The minimum atomic E-state index is 0.548. The molecule has 1 fully saturated rings. The Labute approximate surface area is 125 Å². The Balaban J connectivity index is 1.86. The fourth-order valence-electron chi connectivity index (χ4n) is 3.25. The van der Waals surface area contributed by atoms with Crippen LogP contribution in [0.5, 0.6) is 0 Å². The molecular formula is C15H24N6. The molecule has 3 rings (SSSR count). The van der Waals surface area contributed by atoms with Gasteiger partial charge >= 0.3 is 0 Å². The lowest BCUT2D eigenvalue weighted by molar-refractivity contribution is 0.322. The highest BCUT2D eigenvalue weighted by atomic mass is 15.4. The molecule has 21 heavy (non-hydrogen) atoms. The zero-order chi connectivity index (χ0) is 14.8. The van der Waals surface area contributed by atoms with E-state index in [-0.39, 0.29) is 0 Å². The summed E-state index contributed by atoms with van der Waals surface area (Å²) < 4.78 is 1.85. The van der Waals surface area contributed by atoms with Gasteiger partial charge in [0.2, 0.25) is 0 Å². The van der Waals surface area contributed by atoms with E-state index in [0.29, 0.717) is 17.7 Å². The predicted molar refractivity (Wildman–Crippen MR) is 83.6 cm³/mol. The van der Waals surface area contributed by atoms with Crippen molar-refractivity contribution in [2.75, 3.05) is 24.5 Å². The third-order valence-electron chi connectivity index (χ3n) is 4.38. The molecule has 0 bridgehead atoms. The summed E-state index contributed by atoms with van der Waals surface area (Å²) in [5, 5.41) is 7.88. The molecule has 0 aliphatic carbocycles. The predicted octanol–water partition coefficient (Wildman–Crippen LogP) is 1.65. The van der Waals surface area contributed by atoms with E-state index in [1.165, 1.54) is 12.8 Å². The zero-order valence-corrected chi connectivity index (χ0v) is 13.1. The van der Waals surface area contributed by atoms with Crippen LogP contribution in [0.25, 0.3) is 5.78 Å². The molecule has 114 valence electrons. The Kier molecular flexibility index (Phi) is 4.05. The number of piperidine rings is 1. The van der Waals surface area contributed by atoms with E-state index in [4.69, 9.17) is 0 Å². The normalized spacial score (nSPS) is 20.9. The molecule has 2 unspecified atom stereocenters. The summed E-state index contributed by atoms with van der Waals surface area (Å²) in [7, 11) is 0. The third-order valence-corrected chi connectivity index (χ3v) is 4.38. The van der Waals surface area contributed by atoms with E-state index in [1.54, 1.807) is 6.33 Å². The van der Waals surface area contributed by atoms with Crippen LogP contribution in [0.15, 0.2) is 12.4 Å². The Bertz CT molecular complexity index is 607. The monoisotopic (exact) mass is 288 g/mol. The van der Waals surface area contributed by atoms with Gasteiger partial charge in [0.05, 0.1) is 0 Å². The van der Waals surface area contributed by atoms with Crippen molar-refractivity contribution in [2.24, 2.45) is 5.92 Å². The van der Waals surface area contributed by atoms with Crippen molar-refractivity contribution in [3.05, 3.63) is 18.1 Å². The van der Waals surface area contributed by atoms with E-state index in [0.717, 1.165) is 31.1 Å². The van der Waals surface area contributed by atoms with E-state index in [2.05, 4.69) is 45.2 Å². The second-order valence-corrected chi connectivity index (χ2v) is 5.92. The van der Waals surface area contributed by atoms with Crippen LogP contribution in [0.4, 0.5) is 5.82 Å². The van der Waals surface area contributed by atoms with Crippen molar-refractivity contribution in [3.63, 3.8) is 0 Å². The standard InChI is InChI=1S/C15H24N6/c1-4-16-12(3)13-6-5-7-20(9-13)14-8-11(2)19-15-17-10-18-21(14)15/h8,10,12-13,16H,4-7,9H2,1-3H3. The molecule has 0 saturated carbocycles. The molecule has 1 aliphatic heterocycles. The van der Waals surface area contributed by atoms with Gasteiger partial charge in [-0.05, 0) is 39.2 Å². The number of aromatic nitrogens is 4. The Hall–Kier alpha value is -1.69. The van der Waals surface area contributed by atoms with Gasteiger partial charge in [-0.3, -0.25) is 0 Å². The number of fused-ring (bicyclic) bond motifs is 1. The Morgan fingerprint density at radius 1 is 1.48 bits per heavy atom. The average molecular weight is 288 g/mol. The van der Waals surface area contributed by atoms with Crippen LogP contribution in [0.2, 0.25) is 0 Å². The largest absolute Gasteiger partial charge is 0.356 e. The molecule has 6 nitrogen and oxygen atoms in total. The van der Waals surface area contributed by atoms with Crippen molar-refractivity contribution < 1.29 is 0 Å². The molecule has 0 amide bonds. The molecule has 1 aliphatic rings. The molecule has 1 saturated heterocycles. The highest BCUT2D eigenvalue weighted by molar-refractivity contribution is 5.47. The number of rotatable bonds is 4. The lowest BCUT2D eigenvalue weighted by atomic mass is 9.91. The highest BCUT2D eigenvalue weighted by Gasteiger charge is 2.26. The van der Waals surface area contributed by atoms with Gasteiger partial charge in [-0.2, -0.15) is 14.6 Å². The maximum atomic E-state index is 4.43. The topological polar surface area (TPSA) is 58.3 Å². The van der Waals surface area contributed by atoms with Crippen LogP contribution in [-0.4, -0.2) is 45.3 Å². The van der Waals surface area contributed by atoms with Crippen molar-refractivity contribution in [3.8, 4) is 0 Å². The number of hydrogen-bond donors (Lipinski definition) is 1. The van der Waals surface area contributed by atoms with Crippen LogP contribution >= 0.6 is 0 Å². The van der Waals surface area contributed by atoms with Crippen LogP contribution in [0, 0.1) is 12.8 Å². The van der Waals surface area contributed by atoms with Gasteiger partial charge in [0.1, 0.15) is 12.1 Å². The van der Waals surface area contributed by atoms with E-state index < -0.39 is 0 Å². The van der Waals surface area contributed by atoms with Crippen molar-refractivity contribution >= 4 is 11.6 Å². The number of aryl methyl sites for hydroxylation is 1. The molecule has 0 radical (unpaired) electrons. The fraction of sp³-hybridized carbons (Fsp3) is 0.667. The lowest BCUT2D eigenvalue weighted by Gasteiger charge is -2.37. The number of anilines is 1. The fourth-order valence-corrected chi connectivity index (χ4v) is 3.25. The summed E-state index contributed by atoms with van der Waals surface area (Å²) in [5.41, 5.74) is 0.993. The van der Waals surface area contributed by atoms with Gasteiger partial charge in [0.15, 0.2) is 0 Å². The summed E-state index contributed by atoms with van der Waals surface area (Å²) in [5.74, 6) is 2.47. The first-order valence-corrected chi connectivity index (χ1v) is 7.84. The summed E-state index contributed by atoms with van der Waals surface area (Å²) >= 11 is 0. The lowest BCUT2D eigenvalue weighted by Crippen LogP contribution is -2.45. The van der Waals surface area contributed by atoms with Gasteiger partial charge in [0.25, 0.3) is 5.78 Å². The third kappa shape index (κ3) is 2.85. The SMILES string of the molecule is CCNC(C)C1CCCN(c2cc(C)nc3ncnn23)C1. The first-order chi connectivity index (χ1) is 10.2. The summed E-state index contributed by atoms with van der Waals surface area (Å²) in [6.07, 6.45) is 4.08. The molecule has 3 heterocycles. The summed E-state index contributed by atoms with van der Waals surface area (Å²) in [6.45, 7) is 9.64. The first kappa shape index (κ1) is 14.3. The van der Waals surface area contributed by atoms with Gasteiger partial charge in [-0.15, -0.1) is 0 Å². The first-order valence-electron chi connectivity index (χ1n) is 7.84. The van der Waals surface area contributed by atoms with Gasteiger partial charge in [-0.25, -0.2) is 4.98 Å². The van der Waals surface area contributed by atoms with E-state index >= 15 is 0 Å². The van der Waals surface area contributed by atoms with Crippen molar-refractivity contribution in [2.45, 2.75) is 39.7 Å². The highest BCUT2D eigenvalue weighted by Crippen LogP contribution is 2.25. The Morgan fingerprint density at radius 2 is 2.33 bits per heavy atom. The van der Waals surface area contributed by atoms with Gasteiger partial charge in [0, 0.05) is 30.9 Å². The summed E-state index contributed by atoms with van der Waals surface area (Å²) in [4.78, 5) is 11.1. The van der Waals surface area contributed by atoms with Crippen LogP contribution in [0.1, 0.15) is 32.4 Å². The molecule has 1 N–H and O–H groups in total. The maximum Gasteiger partial charge on any atom is 0.254 e. The van der Waals surface area contributed by atoms with Crippen LogP contribution in [-0.2, 0) is 0 Å². The smallest absolute Gasteiger partial charge is 0.254 e. The summed E-state index contributed by atoms with van der Waals surface area (Å²) in [6, 6.07) is 2.66. The minimum Gasteiger partial charge on any atom is -0.356 e. The van der Waals surface area contributed by atoms with Crippen LogP contribution in [0.3, 0.4) is 0 Å². The quantitative estimate of drug-likeness (QED) is 0.927. The van der Waals surface area contributed by atoms with E-state index in [9.17, 15) is 0 Å². The molecule has 2 atom stereocenters. The van der Waals surface area contributed by atoms with Gasteiger partial charge in [-0.1, -0.05) is 6.92 Å². The number of nitrogens with one attached hydrogen (secondary N) is 1. The van der Waals surface area contributed by atoms with Crippen molar-refractivity contribution in [1.29, 1.82) is 0 Å². The second kappa shape index (κ2) is 5.97. The molecule has 0 spiro atoms. The number of hydrogen-bond acceptors (Lipinski definition) is 5. The maximum absolute atomic E-state index is 4.43. The Morgan fingerprint density at radius 3 is 3.14 bits per heavy atom. The average Bonchev–Trinajstić information content (AvgIpc) is 2.95.